The summed E-state index contributed by atoms with van der Waals surface area (Å²) in [6.07, 6.45) is -4.33. The number of hydrogen-bond donors (Lipinski definition) is 2. The van der Waals surface area contributed by atoms with Crippen LogP contribution >= 0.6 is 0 Å². The molecule has 0 aromatic heterocycles. The number of carboxylic acid groups (broad SMARTS) is 1. The van der Waals surface area contributed by atoms with Crippen LogP contribution in [0.3, 0.4) is 0 Å². The fraction of sp³-hybridized carbons (Fsp3) is 0.125. The number of phenolic OH excluding ortho intramolecular Hbond substituents is 1. The average Bonchev–Trinajstić information content (AvgIpc) is 2.04. The molecule has 1 aromatic rings. The van der Waals surface area contributed by atoms with Crippen molar-refractivity contribution >= 4 is 6.47 Å². The summed E-state index contributed by atoms with van der Waals surface area (Å²) in [6, 6.07) is 3.66. The first-order valence-electron chi connectivity index (χ1n) is 3.36. The third-order valence-electron chi connectivity index (χ3n) is 1.19. The predicted octanol–water partition coefficient (Wildman–Crippen LogP) is 2.11. The summed E-state index contributed by atoms with van der Waals surface area (Å²) in [4.78, 5) is 8.36. The van der Waals surface area contributed by atoms with E-state index in [0.29, 0.717) is 0 Å². The Morgan fingerprint density at radius 2 is 1.50 bits per heavy atom. The summed E-state index contributed by atoms with van der Waals surface area (Å²) in [5.41, 5.74) is -0.754. The van der Waals surface area contributed by atoms with E-state index in [-0.39, 0.29) is 12.2 Å². The zero-order chi connectivity index (χ0) is 11.2. The molecule has 0 aliphatic heterocycles. The van der Waals surface area contributed by atoms with Crippen LogP contribution in [0.15, 0.2) is 24.3 Å². The van der Waals surface area contributed by atoms with Crippen LogP contribution in [0.25, 0.3) is 0 Å². The van der Waals surface area contributed by atoms with Gasteiger partial charge in [-0.15, -0.1) is 0 Å². The number of hydrogen-bond acceptors (Lipinski definition) is 2. The highest BCUT2D eigenvalue weighted by Gasteiger charge is 2.29. The molecule has 2 N–H and O–H groups in total. The van der Waals surface area contributed by atoms with Gasteiger partial charge in [-0.3, -0.25) is 4.79 Å². The fourth-order valence-electron chi connectivity index (χ4n) is 0.650. The molecule has 0 bridgehead atoms. The first-order valence-corrected chi connectivity index (χ1v) is 3.36. The monoisotopic (exact) mass is 208 g/mol. The van der Waals surface area contributed by atoms with Crippen molar-refractivity contribution in [3.05, 3.63) is 29.8 Å². The predicted molar refractivity (Wildman–Crippen MR) is 41.8 cm³/mol. The summed E-state index contributed by atoms with van der Waals surface area (Å²) < 4.78 is 35.5. The molecule has 1 aromatic carbocycles. The Morgan fingerprint density at radius 1 is 1.14 bits per heavy atom. The van der Waals surface area contributed by atoms with Crippen molar-refractivity contribution in [1.29, 1.82) is 0 Å². The van der Waals surface area contributed by atoms with Crippen molar-refractivity contribution in [3.8, 4) is 5.75 Å². The van der Waals surface area contributed by atoms with Gasteiger partial charge in [0.1, 0.15) is 5.75 Å². The molecule has 0 radical (unpaired) electrons. The lowest BCUT2D eigenvalue weighted by atomic mass is 10.2. The number of rotatable bonds is 0. The highest BCUT2D eigenvalue weighted by atomic mass is 19.4. The number of benzene rings is 1. The minimum atomic E-state index is -4.33. The number of phenols is 1. The molecule has 0 saturated carbocycles. The summed E-state index contributed by atoms with van der Waals surface area (Å²) in [7, 11) is 0. The first-order chi connectivity index (χ1) is 6.41. The second-order valence-electron chi connectivity index (χ2n) is 2.15. The number of alkyl halides is 3. The summed E-state index contributed by atoms with van der Waals surface area (Å²) in [6.45, 7) is -0.250. The summed E-state index contributed by atoms with van der Waals surface area (Å²) in [5.74, 6) is -0.169. The Labute approximate surface area is 77.4 Å². The van der Waals surface area contributed by atoms with Crippen molar-refractivity contribution in [2.45, 2.75) is 6.18 Å². The molecule has 0 aliphatic carbocycles. The second kappa shape index (κ2) is 5.11. The quantitative estimate of drug-likeness (QED) is 0.642. The Kier molecular flexibility index (Phi) is 4.48. The first kappa shape index (κ1) is 12.3. The highest BCUT2D eigenvalue weighted by molar-refractivity contribution is 5.32. The Balaban J connectivity index is 0.000000500. The van der Waals surface area contributed by atoms with E-state index in [2.05, 4.69) is 0 Å². The maximum atomic E-state index is 11.8. The van der Waals surface area contributed by atoms with Crippen molar-refractivity contribution < 1.29 is 28.2 Å². The number of halogens is 3. The molecule has 14 heavy (non-hydrogen) atoms. The van der Waals surface area contributed by atoms with Crippen LogP contribution in [0.1, 0.15) is 5.56 Å². The Morgan fingerprint density at radius 3 is 1.79 bits per heavy atom. The lowest BCUT2D eigenvalue weighted by molar-refractivity contribution is -0.137. The molecule has 0 spiro atoms. The van der Waals surface area contributed by atoms with Gasteiger partial charge in [-0.05, 0) is 24.3 Å². The minimum Gasteiger partial charge on any atom is -0.508 e. The average molecular weight is 208 g/mol. The zero-order valence-corrected chi connectivity index (χ0v) is 6.82. The standard InChI is InChI=1S/C7H5F3O.CH2O2/c8-7(9,10)5-1-3-6(11)4-2-5;2-1-3/h1-4,11H;1H,(H,2,3). The number of carbonyl (C=O) groups is 1. The van der Waals surface area contributed by atoms with Crippen molar-refractivity contribution in [1.82, 2.24) is 0 Å². The van der Waals surface area contributed by atoms with Crippen LogP contribution < -0.4 is 0 Å². The van der Waals surface area contributed by atoms with Crippen LogP contribution in [0.4, 0.5) is 13.2 Å². The van der Waals surface area contributed by atoms with E-state index in [1.165, 1.54) is 0 Å². The Bertz CT molecular complexity index is 279. The topological polar surface area (TPSA) is 57.5 Å². The fourth-order valence-corrected chi connectivity index (χ4v) is 0.650. The SMILES string of the molecule is O=CO.Oc1ccc(C(F)(F)F)cc1. The van der Waals surface area contributed by atoms with Crippen molar-refractivity contribution in [3.63, 3.8) is 0 Å². The molecular formula is C8H7F3O3. The normalized spacial score (nSPS) is 9.93. The largest absolute Gasteiger partial charge is 0.508 e. The molecule has 78 valence electrons. The molecule has 0 saturated heterocycles. The smallest absolute Gasteiger partial charge is 0.416 e. The third kappa shape index (κ3) is 4.34. The van der Waals surface area contributed by atoms with Gasteiger partial charge in [0, 0.05) is 0 Å². The van der Waals surface area contributed by atoms with Crippen LogP contribution in [0, 0.1) is 0 Å². The van der Waals surface area contributed by atoms with Gasteiger partial charge in [-0.2, -0.15) is 13.2 Å². The molecule has 0 amide bonds. The van der Waals surface area contributed by atoms with Gasteiger partial charge in [0.05, 0.1) is 5.56 Å². The molecule has 0 atom stereocenters. The summed E-state index contributed by atoms with van der Waals surface area (Å²) in [5, 5.41) is 15.5. The molecule has 0 fully saturated rings. The molecule has 6 heteroatoms. The highest BCUT2D eigenvalue weighted by Crippen LogP contribution is 2.29. The van der Waals surface area contributed by atoms with Gasteiger partial charge < -0.3 is 10.2 Å². The van der Waals surface area contributed by atoms with Crippen molar-refractivity contribution in [2.75, 3.05) is 0 Å². The molecule has 0 heterocycles. The molecule has 3 nitrogen and oxygen atoms in total. The minimum absolute atomic E-state index is 0.169. The van der Waals surface area contributed by atoms with Gasteiger partial charge in [-0.25, -0.2) is 0 Å². The van der Waals surface area contributed by atoms with E-state index in [4.69, 9.17) is 15.0 Å². The molecule has 0 unspecified atom stereocenters. The van der Waals surface area contributed by atoms with Gasteiger partial charge in [0.25, 0.3) is 6.47 Å². The van der Waals surface area contributed by atoms with Gasteiger partial charge in [0.15, 0.2) is 0 Å². The van der Waals surface area contributed by atoms with Crippen LogP contribution in [-0.2, 0) is 11.0 Å². The maximum absolute atomic E-state index is 11.8. The van der Waals surface area contributed by atoms with E-state index in [9.17, 15) is 13.2 Å². The van der Waals surface area contributed by atoms with Crippen LogP contribution in [0.2, 0.25) is 0 Å². The summed E-state index contributed by atoms with van der Waals surface area (Å²) >= 11 is 0. The van der Waals surface area contributed by atoms with Gasteiger partial charge in [-0.1, -0.05) is 0 Å². The lowest BCUT2D eigenvalue weighted by Gasteiger charge is -2.04. The third-order valence-corrected chi connectivity index (χ3v) is 1.19. The number of aromatic hydroxyl groups is 1. The molecule has 1 rings (SSSR count). The van der Waals surface area contributed by atoms with Crippen molar-refractivity contribution in [2.24, 2.45) is 0 Å². The lowest BCUT2D eigenvalue weighted by Crippen LogP contribution is -2.03. The zero-order valence-electron chi connectivity index (χ0n) is 6.82. The van der Waals surface area contributed by atoms with E-state index in [1.807, 2.05) is 0 Å². The van der Waals surface area contributed by atoms with Crippen LogP contribution in [0.5, 0.6) is 5.75 Å². The van der Waals surface area contributed by atoms with Gasteiger partial charge in [0.2, 0.25) is 0 Å². The van der Waals surface area contributed by atoms with E-state index in [1.54, 1.807) is 0 Å². The molecule has 0 aliphatic rings. The second-order valence-corrected chi connectivity index (χ2v) is 2.15. The maximum Gasteiger partial charge on any atom is 0.416 e. The Hall–Kier alpha value is -1.72. The van der Waals surface area contributed by atoms with E-state index >= 15 is 0 Å². The van der Waals surface area contributed by atoms with Crippen LogP contribution in [-0.4, -0.2) is 16.7 Å². The van der Waals surface area contributed by atoms with E-state index < -0.39 is 11.7 Å². The molecular weight excluding hydrogens is 201 g/mol. The van der Waals surface area contributed by atoms with Gasteiger partial charge >= 0.3 is 6.18 Å². The van der Waals surface area contributed by atoms with E-state index in [0.717, 1.165) is 24.3 Å².